The summed E-state index contributed by atoms with van der Waals surface area (Å²) in [7, 11) is 0. The molecule has 0 saturated carbocycles. The second-order valence-corrected chi connectivity index (χ2v) is 3.55. The molecule has 11 heavy (non-hydrogen) atoms. The van der Waals surface area contributed by atoms with Gasteiger partial charge < -0.3 is 5.11 Å². The third-order valence-electron chi connectivity index (χ3n) is 1.37. The molecule has 0 radical (unpaired) electrons. The minimum atomic E-state index is 0.123. The van der Waals surface area contributed by atoms with E-state index in [9.17, 15) is 0 Å². The summed E-state index contributed by atoms with van der Waals surface area (Å²) in [6.07, 6.45) is 1.72. The highest BCUT2D eigenvalue weighted by Crippen LogP contribution is 2.26. The van der Waals surface area contributed by atoms with E-state index < -0.39 is 0 Å². The van der Waals surface area contributed by atoms with Crippen molar-refractivity contribution in [1.82, 2.24) is 0 Å². The van der Waals surface area contributed by atoms with Gasteiger partial charge in [0.1, 0.15) is 5.76 Å². The number of hydrogen-bond donors (Lipinski definition) is 1. The summed E-state index contributed by atoms with van der Waals surface area (Å²) >= 11 is 1.53. The van der Waals surface area contributed by atoms with Gasteiger partial charge in [-0.25, -0.2) is 0 Å². The molecule has 0 fully saturated rings. The Kier molecular flexibility index (Phi) is 2.15. The molecule has 0 aliphatic rings. The summed E-state index contributed by atoms with van der Waals surface area (Å²) in [6.45, 7) is 9.10. The van der Waals surface area contributed by atoms with Crippen LogP contribution in [-0.4, -0.2) is 5.11 Å². The fourth-order valence-electron chi connectivity index (χ4n) is 0.911. The Balaban J connectivity index is 3.22. The van der Waals surface area contributed by atoms with Gasteiger partial charge in [0.2, 0.25) is 0 Å². The first-order valence-corrected chi connectivity index (χ1v) is 4.08. The lowest BCUT2D eigenvalue weighted by molar-refractivity contribution is 0.516. The Labute approximate surface area is 70.3 Å². The Morgan fingerprint density at radius 3 is 2.73 bits per heavy atom. The molecule has 1 N–H and O–H groups in total. The molecule has 0 bridgehead atoms. The Morgan fingerprint density at radius 2 is 2.36 bits per heavy atom. The maximum absolute atomic E-state index is 9.12. The van der Waals surface area contributed by atoms with E-state index in [0.29, 0.717) is 0 Å². The molecule has 1 nitrogen and oxygen atoms in total. The van der Waals surface area contributed by atoms with Gasteiger partial charge in [0.25, 0.3) is 0 Å². The summed E-state index contributed by atoms with van der Waals surface area (Å²) < 4.78 is 0. The van der Waals surface area contributed by atoms with Crippen LogP contribution in [0, 0.1) is 6.92 Å². The normalized spacial score (nSPS) is 9.55. The van der Waals surface area contributed by atoms with Crippen molar-refractivity contribution >= 4 is 23.2 Å². The van der Waals surface area contributed by atoms with Crippen LogP contribution in [0.15, 0.2) is 19.2 Å². The summed E-state index contributed by atoms with van der Waals surface area (Å²) in [4.78, 5) is 1.97. The van der Waals surface area contributed by atoms with Crippen molar-refractivity contribution in [2.45, 2.75) is 6.92 Å². The van der Waals surface area contributed by atoms with Gasteiger partial charge in [-0.05, 0) is 18.6 Å². The average molecular weight is 166 g/mol. The van der Waals surface area contributed by atoms with Crippen molar-refractivity contribution in [1.29, 1.82) is 0 Å². The highest BCUT2D eigenvalue weighted by atomic mass is 32.1. The van der Waals surface area contributed by atoms with Gasteiger partial charge in [-0.1, -0.05) is 19.2 Å². The molecule has 0 unspecified atom stereocenters. The van der Waals surface area contributed by atoms with Crippen molar-refractivity contribution in [3.63, 3.8) is 0 Å². The first-order chi connectivity index (χ1) is 5.15. The zero-order chi connectivity index (χ0) is 8.43. The summed E-state index contributed by atoms with van der Waals surface area (Å²) in [5.74, 6) is 0.123. The standard InChI is InChI=1S/C9H10OS/c1-4-8-5-6(2)11-9(8)7(3)10/h4-5,10H,1,3H2,2H3. The van der Waals surface area contributed by atoms with E-state index in [4.69, 9.17) is 5.11 Å². The van der Waals surface area contributed by atoms with E-state index in [1.165, 1.54) is 11.3 Å². The fourth-order valence-corrected chi connectivity index (χ4v) is 1.80. The first-order valence-electron chi connectivity index (χ1n) is 3.26. The lowest BCUT2D eigenvalue weighted by atomic mass is 10.2. The molecule has 2 heteroatoms. The topological polar surface area (TPSA) is 20.2 Å². The Hall–Kier alpha value is -1.02. The zero-order valence-electron chi connectivity index (χ0n) is 6.42. The van der Waals surface area contributed by atoms with Crippen LogP contribution in [-0.2, 0) is 0 Å². The van der Waals surface area contributed by atoms with Gasteiger partial charge in [0, 0.05) is 4.88 Å². The van der Waals surface area contributed by atoms with Crippen LogP contribution in [0.2, 0.25) is 0 Å². The van der Waals surface area contributed by atoms with E-state index in [0.717, 1.165) is 15.3 Å². The van der Waals surface area contributed by atoms with Gasteiger partial charge >= 0.3 is 0 Å². The molecule has 0 amide bonds. The molecule has 1 aromatic heterocycles. The molecule has 0 atom stereocenters. The number of rotatable bonds is 2. The van der Waals surface area contributed by atoms with Crippen molar-refractivity contribution in [3.05, 3.63) is 34.5 Å². The number of aryl methyl sites for hydroxylation is 1. The molecule has 0 aromatic carbocycles. The summed E-state index contributed by atoms with van der Waals surface area (Å²) in [5.41, 5.74) is 0.958. The first kappa shape index (κ1) is 8.08. The molecule has 0 spiro atoms. The van der Waals surface area contributed by atoms with Crippen LogP contribution < -0.4 is 0 Å². The van der Waals surface area contributed by atoms with Gasteiger partial charge in [-0.3, -0.25) is 0 Å². The number of aliphatic hydroxyl groups is 1. The number of hydrogen-bond acceptors (Lipinski definition) is 2. The SMILES string of the molecule is C=Cc1cc(C)sc1C(=C)O. The van der Waals surface area contributed by atoms with Crippen LogP contribution in [0.5, 0.6) is 0 Å². The predicted molar refractivity (Wildman–Crippen MR) is 50.8 cm³/mol. The Morgan fingerprint density at radius 1 is 1.73 bits per heavy atom. The van der Waals surface area contributed by atoms with Gasteiger partial charge in [-0.2, -0.15) is 0 Å². The van der Waals surface area contributed by atoms with Crippen LogP contribution in [0.25, 0.3) is 11.8 Å². The van der Waals surface area contributed by atoms with E-state index in [1.54, 1.807) is 6.08 Å². The molecule has 0 saturated heterocycles. The van der Waals surface area contributed by atoms with Crippen molar-refractivity contribution in [2.75, 3.05) is 0 Å². The maximum atomic E-state index is 9.12. The molecular weight excluding hydrogens is 156 g/mol. The van der Waals surface area contributed by atoms with Crippen LogP contribution in [0.1, 0.15) is 15.3 Å². The predicted octanol–water partition coefficient (Wildman–Crippen LogP) is 3.23. The largest absolute Gasteiger partial charge is 0.507 e. The highest BCUT2D eigenvalue weighted by Gasteiger charge is 2.05. The second-order valence-electron chi connectivity index (χ2n) is 2.29. The summed E-state index contributed by atoms with van der Waals surface area (Å²) in [5, 5.41) is 9.12. The number of thiophene rings is 1. The van der Waals surface area contributed by atoms with Crippen LogP contribution in [0.3, 0.4) is 0 Å². The van der Waals surface area contributed by atoms with Gasteiger partial charge in [0.05, 0.1) is 4.88 Å². The maximum Gasteiger partial charge on any atom is 0.126 e. The Bertz CT molecular complexity index is 297. The third-order valence-corrected chi connectivity index (χ3v) is 2.48. The number of aliphatic hydroxyl groups excluding tert-OH is 1. The molecule has 58 valence electrons. The monoisotopic (exact) mass is 166 g/mol. The molecule has 0 aliphatic carbocycles. The summed E-state index contributed by atoms with van der Waals surface area (Å²) in [6, 6.07) is 1.98. The zero-order valence-corrected chi connectivity index (χ0v) is 7.24. The molecule has 1 heterocycles. The lowest BCUT2D eigenvalue weighted by Gasteiger charge is -1.93. The highest BCUT2D eigenvalue weighted by molar-refractivity contribution is 7.13. The third kappa shape index (κ3) is 1.52. The van der Waals surface area contributed by atoms with E-state index >= 15 is 0 Å². The van der Waals surface area contributed by atoms with E-state index in [1.807, 2.05) is 13.0 Å². The molecule has 1 rings (SSSR count). The fraction of sp³-hybridized carbons (Fsp3) is 0.111. The van der Waals surface area contributed by atoms with E-state index in [-0.39, 0.29) is 5.76 Å². The van der Waals surface area contributed by atoms with Crippen molar-refractivity contribution in [2.24, 2.45) is 0 Å². The minimum absolute atomic E-state index is 0.123. The molecular formula is C9H10OS. The quantitative estimate of drug-likeness (QED) is 0.669. The lowest BCUT2D eigenvalue weighted by Crippen LogP contribution is -1.76. The van der Waals surface area contributed by atoms with Crippen molar-refractivity contribution < 1.29 is 5.11 Å². The smallest absolute Gasteiger partial charge is 0.126 e. The molecule has 1 aromatic rings. The van der Waals surface area contributed by atoms with E-state index in [2.05, 4.69) is 13.2 Å². The average Bonchev–Trinajstić information content (AvgIpc) is 2.30. The minimum Gasteiger partial charge on any atom is -0.507 e. The molecule has 0 aliphatic heterocycles. The second kappa shape index (κ2) is 2.93. The van der Waals surface area contributed by atoms with Gasteiger partial charge in [0.15, 0.2) is 0 Å². The van der Waals surface area contributed by atoms with Crippen LogP contribution in [0.4, 0.5) is 0 Å². The van der Waals surface area contributed by atoms with Crippen LogP contribution >= 0.6 is 11.3 Å². The van der Waals surface area contributed by atoms with Gasteiger partial charge in [-0.15, -0.1) is 11.3 Å². The van der Waals surface area contributed by atoms with Crippen molar-refractivity contribution in [3.8, 4) is 0 Å².